The maximum absolute atomic E-state index is 4.20. The van der Waals surface area contributed by atoms with E-state index in [-0.39, 0.29) is 0 Å². The summed E-state index contributed by atoms with van der Waals surface area (Å²) in [5, 5.41) is 0. The van der Waals surface area contributed by atoms with Crippen molar-refractivity contribution in [2.75, 3.05) is 6.54 Å². The molecular formula is C7H12N2. The van der Waals surface area contributed by atoms with Gasteiger partial charge in [-0.05, 0) is 13.3 Å². The Morgan fingerprint density at radius 3 is 3.00 bits per heavy atom. The summed E-state index contributed by atoms with van der Waals surface area (Å²) in [6.45, 7) is 5.03. The van der Waals surface area contributed by atoms with Crippen LogP contribution in [0.15, 0.2) is 9.98 Å². The van der Waals surface area contributed by atoms with Gasteiger partial charge >= 0.3 is 0 Å². The topological polar surface area (TPSA) is 24.7 Å². The van der Waals surface area contributed by atoms with Crippen LogP contribution in [0.2, 0.25) is 0 Å². The van der Waals surface area contributed by atoms with Gasteiger partial charge in [0, 0.05) is 18.7 Å². The van der Waals surface area contributed by atoms with Crippen molar-refractivity contribution >= 4 is 12.1 Å². The molecule has 1 aliphatic rings. The van der Waals surface area contributed by atoms with Gasteiger partial charge in [0.1, 0.15) is 5.84 Å². The molecule has 1 unspecified atom stereocenters. The summed E-state index contributed by atoms with van der Waals surface area (Å²) in [5.74, 6) is 1.51. The van der Waals surface area contributed by atoms with Crippen molar-refractivity contribution < 1.29 is 0 Å². The van der Waals surface area contributed by atoms with Gasteiger partial charge in [-0.1, -0.05) is 6.92 Å². The zero-order valence-electron chi connectivity index (χ0n) is 5.96. The minimum atomic E-state index is 0.591. The summed E-state index contributed by atoms with van der Waals surface area (Å²) in [7, 11) is 0. The molecule has 0 fully saturated rings. The molecule has 0 aromatic rings. The van der Waals surface area contributed by atoms with Crippen molar-refractivity contribution in [3.8, 4) is 0 Å². The monoisotopic (exact) mass is 124 g/mol. The summed E-state index contributed by atoms with van der Waals surface area (Å²) in [4.78, 5) is 8.31. The largest absolute Gasteiger partial charge is 0.270 e. The molecule has 0 saturated heterocycles. The molecule has 0 N–H and O–H groups in total. The van der Waals surface area contributed by atoms with Crippen molar-refractivity contribution in [1.82, 2.24) is 0 Å². The minimum absolute atomic E-state index is 0.591. The molecule has 1 heterocycles. The third-order valence-corrected chi connectivity index (χ3v) is 1.55. The van der Waals surface area contributed by atoms with Crippen LogP contribution in [0.1, 0.15) is 20.3 Å². The zero-order chi connectivity index (χ0) is 6.69. The number of hydrogen-bond donors (Lipinski definition) is 0. The molecule has 1 rings (SSSR count). The second-order valence-corrected chi connectivity index (χ2v) is 2.33. The predicted octanol–water partition coefficient (Wildman–Crippen LogP) is 1.52. The molecule has 0 amide bonds. The summed E-state index contributed by atoms with van der Waals surface area (Å²) in [6, 6.07) is 0. The maximum Gasteiger partial charge on any atom is 0.119 e. The lowest BCUT2D eigenvalue weighted by Crippen LogP contribution is -2.11. The van der Waals surface area contributed by atoms with E-state index in [1.54, 1.807) is 0 Å². The lowest BCUT2D eigenvalue weighted by molar-refractivity contribution is 0.683. The van der Waals surface area contributed by atoms with Crippen LogP contribution in [0.25, 0.3) is 0 Å². The lowest BCUT2D eigenvalue weighted by Gasteiger charge is -2.09. The Bertz CT molecular complexity index is 147. The summed E-state index contributed by atoms with van der Waals surface area (Å²) in [6.07, 6.45) is 3.16. The van der Waals surface area contributed by atoms with Crippen LogP contribution < -0.4 is 0 Å². The molecule has 0 aromatic heterocycles. The number of amidine groups is 1. The van der Waals surface area contributed by atoms with E-state index in [0.717, 1.165) is 18.8 Å². The van der Waals surface area contributed by atoms with Crippen LogP contribution in [0.4, 0.5) is 0 Å². The molecular weight excluding hydrogens is 112 g/mol. The Labute approximate surface area is 55.7 Å². The normalized spacial score (nSPS) is 26.0. The van der Waals surface area contributed by atoms with E-state index in [1.807, 2.05) is 13.1 Å². The number of hydrogen-bond acceptors (Lipinski definition) is 2. The highest BCUT2D eigenvalue weighted by molar-refractivity contribution is 5.89. The van der Waals surface area contributed by atoms with Crippen LogP contribution in [-0.2, 0) is 0 Å². The SMILES string of the molecule is CCC1C=NC(C)=NC1. The standard InChI is InChI=1S/C7H12N2/c1-3-7-4-8-6(2)9-5-7/h4,7H,3,5H2,1-2H3. The van der Waals surface area contributed by atoms with Crippen molar-refractivity contribution in [2.45, 2.75) is 20.3 Å². The van der Waals surface area contributed by atoms with E-state index in [0.29, 0.717) is 5.92 Å². The van der Waals surface area contributed by atoms with Crippen LogP contribution in [0, 0.1) is 5.92 Å². The molecule has 0 spiro atoms. The van der Waals surface area contributed by atoms with Gasteiger partial charge in [-0.25, -0.2) is 4.99 Å². The first kappa shape index (κ1) is 6.46. The van der Waals surface area contributed by atoms with Crippen LogP contribution in [0.3, 0.4) is 0 Å². The quantitative estimate of drug-likeness (QED) is 0.506. The van der Waals surface area contributed by atoms with Gasteiger partial charge in [-0.2, -0.15) is 0 Å². The first-order valence-electron chi connectivity index (χ1n) is 3.38. The minimum Gasteiger partial charge on any atom is -0.270 e. The fraction of sp³-hybridized carbons (Fsp3) is 0.714. The fourth-order valence-corrected chi connectivity index (χ4v) is 0.785. The van der Waals surface area contributed by atoms with Gasteiger partial charge in [-0.3, -0.25) is 4.99 Å². The van der Waals surface area contributed by atoms with E-state index in [9.17, 15) is 0 Å². The molecule has 0 aromatic carbocycles. The first-order chi connectivity index (χ1) is 4.33. The summed E-state index contributed by atoms with van der Waals surface area (Å²) in [5.41, 5.74) is 0. The van der Waals surface area contributed by atoms with Crippen LogP contribution in [0.5, 0.6) is 0 Å². The van der Waals surface area contributed by atoms with Crippen molar-refractivity contribution in [1.29, 1.82) is 0 Å². The molecule has 0 saturated carbocycles. The molecule has 0 bridgehead atoms. The number of nitrogens with zero attached hydrogens (tertiary/aromatic N) is 2. The number of rotatable bonds is 1. The molecule has 2 heteroatoms. The second-order valence-electron chi connectivity index (χ2n) is 2.33. The average molecular weight is 124 g/mol. The highest BCUT2D eigenvalue weighted by Crippen LogP contribution is 2.04. The van der Waals surface area contributed by atoms with Gasteiger partial charge in [0.25, 0.3) is 0 Å². The molecule has 50 valence electrons. The molecule has 0 aliphatic carbocycles. The third kappa shape index (κ3) is 1.63. The Morgan fingerprint density at radius 1 is 1.78 bits per heavy atom. The van der Waals surface area contributed by atoms with E-state index in [1.165, 1.54) is 0 Å². The van der Waals surface area contributed by atoms with Gasteiger partial charge in [0.05, 0.1) is 0 Å². The van der Waals surface area contributed by atoms with Gasteiger partial charge in [-0.15, -0.1) is 0 Å². The molecule has 2 nitrogen and oxygen atoms in total. The van der Waals surface area contributed by atoms with E-state index >= 15 is 0 Å². The zero-order valence-corrected chi connectivity index (χ0v) is 5.96. The highest BCUT2D eigenvalue weighted by atomic mass is 14.9. The van der Waals surface area contributed by atoms with E-state index < -0.39 is 0 Å². The smallest absolute Gasteiger partial charge is 0.119 e. The fourth-order valence-electron chi connectivity index (χ4n) is 0.785. The van der Waals surface area contributed by atoms with Gasteiger partial charge in [0.15, 0.2) is 0 Å². The Balaban J connectivity index is 2.48. The van der Waals surface area contributed by atoms with Gasteiger partial charge < -0.3 is 0 Å². The molecule has 1 aliphatic heterocycles. The average Bonchev–Trinajstić information content (AvgIpc) is 1.90. The van der Waals surface area contributed by atoms with E-state index in [2.05, 4.69) is 16.9 Å². The maximum atomic E-state index is 4.20. The van der Waals surface area contributed by atoms with Crippen molar-refractivity contribution in [3.63, 3.8) is 0 Å². The molecule has 1 atom stereocenters. The third-order valence-electron chi connectivity index (χ3n) is 1.55. The predicted molar refractivity (Wildman–Crippen MR) is 40.2 cm³/mol. The Kier molecular flexibility index (Phi) is 1.98. The summed E-state index contributed by atoms with van der Waals surface area (Å²) >= 11 is 0. The first-order valence-corrected chi connectivity index (χ1v) is 3.38. The Morgan fingerprint density at radius 2 is 2.56 bits per heavy atom. The van der Waals surface area contributed by atoms with Crippen molar-refractivity contribution in [3.05, 3.63) is 0 Å². The Hall–Kier alpha value is -0.660. The van der Waals surface area contributed by atoms with E-state index in [4.69, 9.17) is 0 Å². The molecule has 0 radical (unpaired) electrons. The summed E-state index contributed by atoms with van der Waals surface area (Å²) < 4.78 is 0. The van der Waals surface area contributed by atoms with Gasteiger partial charge in [0.2, 0.25) is 0 Å². The van der Waals surface area contributed by atoms with Crippen molar-refractivity contribution in [2.24, 2.45) is 15.9 Å². The lowest BCUT2D eigenvalue weighted by atomic mass is 10.1. The molecule has 9 heavy (non-hydrogen) atoms. The second kappa shape index (κ2) is 2.76. The van der Waals surface area contributed by atoms with Crippen LogP contribution >= 0.6 is 0 Å². The highest BCUT2D eigenvalue weighted by Gasteiger charge is 2.04. The number of aliphatic imine (C=N–C) groups is 2. The van der Waals surface area contributed by atoms with Crippen LogP contribution in [-0.4, -0.2) is 18.6 Å².